The highest BCUT2D eigenvalue weighted by atomic mass is 16.4. The van der Waals surface area contributed by atoms with Gasteiger partial charge in [0.05, 0.1) is 6.61 Å². The zero-order chi connectivity index (χ0) is 7.40. The molecule has 0 atom stereocenters. The van der Waals surface area contributed by atoms with E-state index in [9.17, 15) is 0 Å². The number of benzene rings is 1. The minimum atomic E-state index is 0.493. The van der Waals surface area contributed by atoms with Crippen molar-refractivity contribution in [3.05, 3.63) is 35.4 Å². The summed E-state index contributed by atoms with van der Waals surface area (Å²) in [5, 5.41) is 0. The van der Waals surface area contributed by atoms with Crippen molar-refractivity contribution in [1.29, 1.82) is 0 Å². The molecule has 10 heavy (non-hydrogen) atoms. The molecule has 0 fully saturated rings. The van der Waals surface area contributed by atoms with E-state index in [0.29, 0.717) is 6.61 Å². The molecule has 0 aliphatic rings. The minimum Gasteiger partial charge on any atom is -0.444 e. The van der Waals surface area contributed by atoms with Gasteiger partial charge in [-0.05, 0) is 18.1 Å². The van der Waals surface area contributed by atoms with Crippen molar-refractivity contribution in [2.45, 2.75) is 13.5 Å². The fraction of sp³-hybridized carbons (Fsp3) is 0.250. The second-order valence-corrected chi connectivity index (χ2v) is 2.24. The Morgan fingerprint density at radius 2 is 2.10 bits per heavy atom. The zero-order valence-electron chi connectivity index (χ0n) is 6.00. The SMILES string of the molecule is [B]OCc1ccccc1C. The van der Waals surface area contributed by atoms with E-state index in [0.717, 1.165) is 5.56 Å². The Kier molecular flexibility index (Phi) is 2.52. The van der Waals surface area contributed by atoms with E-state index < -0.39 is 0 Å². The molecule has 0 unspecified atom stereocenters. The highest BCUT2D eigenvalue weighted by Crippen LogP contribution is 2.06. The lowest BCUT2D eigenvalue weighted by atomic mass is 10.1. The molecular weight excluding hydrogens is 123 g/mol. The summed E-state index contributed by atoms with van der Waals surface area (Å²) in [4.78, 5) is 0. The Morgan fingerprint density at radius 1 is 1.40 bits per heavy atom. The third-order valence-electron chi connectivity index (χ3n) is 1.50. The maximum absolute atomic E-state index is 4.93. The molecule has 0 amide bonds. The molecule has 0 heterocycles. The predicted octanol–water partition coefficient (Wildman–Crippen LogP) is 1.60. The maximum atomic E-state index is 4.93. The Hall–Kier alpha value is -0.755. The van der Waals surface area contributed by atoms with Crippen LogP contribution in [0.2, 0.25) is 0 Å². The van der Waals surface area contributed by atoms with Crippen molar-refractivity contribution in [3.63, 3.8) is 0 Å². The third-order valence-corrected chi connectivity index (χ3v) is 1.50. The summed E-state index contributed by atoms with van der Waals surface area (Å²) < 4.78 is 4.51. The Labute approximate surface area is 62.5 Å². The van der Waals surface area contributed by atoms with Gasteiger partial charge in [0, 0.05) is 0 Å². The second-order valence-electron chi connectivity index (χ2n) is 2.24. The van der Waals surface area contributed by atoms with E-state index in [-0.39, 0.29) is 0 Å². The number of hydrogen-bond donors (Lipinski definition) is 0. The fourth-order valence-electron chi connectivity index (χ4n) is 0.862. The molecule has 0 spiro atoms. The monoisotopic (exact) mass is 132 g/mol. The topological polar surface area (TPSA) is 9.23 Å². The minimum absolute atomic E-state index is 0.493. The van der Waals surface area contributed by atoms with Crippen LogP contribution in [0.3, 0.4) is 0 Å². The molecule has 0 aliphatic heterocycles. The molecule has 2 radical (unpaired) electrons. The van der Waals surface area contributed by atoms with Gasteiger partial charge in [0.25, 0.3) is 8.05 Å². The summed E-state index contributed by atoms with van der Waals surface area (Å²) in [6.45, 7) is 2.53. The lowest BCUT2D eigenvalue weighted by Crippen LogP contribution is -1.90. The molecule has 1 nitrogen and oxygen atoms in total. The lowest BCUT2D eigenvalue weighted by Gasteiger charge is -2.02. The Bertz CT molecular complexity index is 210. The maximum Gasteiger partial charge on any atom is 0.283 e. The standard InChI is InChI=1S/C8H9BO/c1-7-4-2-3-5-8(7)6-10-9/h2-5H,6H2,1H3. The quantitative estimate of drug-likeness (QED) is 0.555. The van der Waals surface area contributed by atoms with Crippen LogP contribution in [0.5, 0.6) is 0 Å². The average molecular weight is 132 g/mol. The van der Waals surface area contributed by atoms with Crippen LogP contribution < -0.4 is 0 Å². The summed E-state index contributed by atoms with van der Waals surface area (Å²) in [7, 11) is 4.93. The number of hydrogen-bond acceptors (Lipinski definition) is 1. The summed E-state index contributed by atoms with van der Waals surface area (Å²) >= 11 is 0. The molecule has 50 valence electrons. The van der Waals surface area contributed by atoms with Gasteiger partial charge < -0.3 is 4.65 Å². The van der Waals surface area contributed by atoms with E-state index in [4.69, 9.17) is 8.05 Å². The van der Waals surface area contributed by atoms with Crippen LogP contribution in [0.15, 0.2) is 24.3 Å². The summed E-state index contributed by atoms with van der Waals surface area (Å²) in [5.74, 6) is 0. The van der Waals surface area contributed by atoms with Crippen LogP contribution in [0.4, 0.5) is 0 Å². The Balaban J connectivity index is 2.81. The highest BCUT2D eigenvalue weighted by molar-refractivity contribution is 5.97. The first kappa shape index (κ1) is 7.35. The van der Waals surface area contributed by atoms with Gasteiger partial charge >= 0.3 is 0 Å². The van der Waals surface area contributed by atoms with E-state index in [1.165, 1.54) is 5.56 Å². The van der Waals surface area contributed by atoms with E-state index in [2.05, 4.69) is 4.65 Å². The first-order chi connectivity index (χ1) is 4.84. The van der Waals surface area contributed by atoms with Crippen molar-refractivity contribution in [1.82, 2.24) is 0 Å². The molecular formula is C8H9BO. The van der Waals surface area contributed by atoms with Crippen LogP contribution in [0.1, 0.15) is 11.1 Å². The van der Waals surface area contributed by atoms with Gasteiger partial charge in [-0.25, -0.2) is 0 Å². The fourth-order valence-corrected chi connectivity index (χ4v) is 0.862. The van der Waals surface area contributed by atoms with Gasteiger partial charge in [-0.2, -0.15) is 0 Å². The third kappa shape index (κ3) is 1.61. The van der Waals surface area contributed by atoms with E-state index >= 15 is 0 Å². The van der Waals surface area contributed by atoms with Crippen molar-refractivity contribution in [2.24, 2.45) is 0 Å². The van der Waals surface area contributed by atoms with Crippen molar-refractivity contribution < 1.29 is 4.65 Å². The largest absolute Gasteiger partial charge is 0.444 e. The molecule has 1 rings (SSSR count). The summed E-state index contributed by atoms with van der Waals surface area (Å²) in [6.07, 6.45) is 0. The molecule has 0 bridgehead atoms. The smallest absolute Gasteiger partial charge is 0.283 e. The molecule has 0 aliphatic carbocycles. The highest BCUT2D eigenvalue weighted by Gasteiger charge is 1.92. The first-order valence-corrected chi connectivity index (χ1v) is 3.21. The molecule has 0 saturated heterocycles. The van der Waals surface area contributed by atoms with Crippen LogP contribution in [0, 0.1) is 6.92 Å². The molecule has 0 saturated carbocycles. The number of rotatable bonds is 2. The van der Waals surface area contributed by atoms with Gasteiger partial charge in [-0.1, -0.05) is 24.3 Å². The van der Waals surface area contributed by atoms with Gasteiger partial charge in [0.15, 0.2) is 0 Å². The van der Waals surface area contributed by atoms with Crippen LogP contribution in [-0.2, 0) is 11.3 Å². The van der Waals surface area contributed by atoms with Crippen molar-refractivity contribution >= 4 is 8.05 Å². The van der Waals surface area contributed by atoms with Gasteiger partial charge in [0.1, 0.15) is 0 Å². The Morgan fingerprint density at radius 3 is 2.70 bits per heavy atom. The lowest BCUT2D eigenvalue weighted by molar-refractivity contribution is 0.337. The molecule has 0 N–H and O–H groups in total. The van der Waals surface area contributed by atoms with Crippen LogP contribution >= 0.6 is 0 Å². The average Bonchev–Trinajstić information content (AvgIpc) is 1.94. The molecule has 1 aromatic rings. The van der Waals surface area contributed by atoms with Gasteiger partial charge in [0.2, 0.25) is 0 Å². The van der Waals surface area contributed by atoms with Crippen molar-refractivity contribution in [3.8, 4) is 0 Å². The normalized spacial score (nSPS) is 9.70. The van der Waals surface area contributed by atoms with Crippen molar-refractivity contribution in [2.75, 3.05) is 0 Å². The zero-order valence-corrected chi connectivity index (χ0v) is 6.00. The van der Waals surface area contributed by atoms with Gasteiger partial charge in [-0.3, -0.25) is 0 Å². The molecule has 0 aromatic heterocycles. The summed E-state index contributed by atoms with van der Waals surface area (Å²) in [5.41, 5.74) is 2.36. The van der Waals surface area contributed by atoms with Crippen LogP contribution in [0.25, 0.3) is 0 Å². The first-order valence-electron chi connectivity index (χ1n) is 3.21. The number of aryl methyl sites for hydroxylation is 1. The van der Waals surface area contributed by atoms with Gasteiger partial charge in [-0.15, -0.1) is 0 Å². The van der Waals surface area contributed by atoms with E-state index in [1.807, 2.05) is 31.2 Å². The molecule has 1 aromatic carbocycles. The van der Waals surface area contributed by atoms with E-state index in [1.54, 1.807) is 0 Å². The molecule has 2 heteroatoms. The predicted molar refractivity (Wildman–Crippen MR) is 41.7 cm³/mol. The van der Waals surface area contributed by atoms with Crippen LogP contribution in [-0.4, -0.2) is 8.05 Å². The second kappa shape index (κ2) is 3.42. The summed E-state index contributed by atoms with van der Waals surface area (Å²) in [6, 6.07) is 8.01.